The number of benzene rings is 2. The van der Waals surface area contributed by atoms with Gasteiger partial charge in [0, 0.05) is 23.0 Å². The summed E-state index contributed by atoms with van der Waals surface area (Å²) in [7, 11) is 1.56. The van der Waals surface area contributed by atoms with Crippen LogP contribution in [0.5, 0.6) is 0 Å². The van der Waals surface area contributed by atoms with Gasteiger partial charge >= 0.3 is 0 Å². The first-order valence-corrected chi connectivity index (χ1v) is 10.1. The number of fused-ring (bicyclic) bond motifs is 1. The third-order valence-electron chi connectivity index (χ3n) is 5.73. The van der Waals surface area contributed by atoms with Crippen LogP contribution < -0.4 is 16.2 Å². The van der Waals surface area contributed by atoms with E-state index in [9.17, 15) is 9.59 Å². The van der Waals surface area contributed by atoms with E-state index >= 15 is 0 Å². The maximum absolute atomic E-state index is 13.0. The van der Waals surface area contributed by atoms with Crippen molar-refractivity contribution in [3.63, 3.8) is 0 Å². The Morgan fingerprint density at radius 1 is 1.10 bits per heavy atom. The number of nitrogens with zero attached hydrogens (tertiary/aromatic N) is 2. The lowest BCUT2D eigenvalue weighted by molar-refractivity contribution is 0.0957. The molecule has 6 nitrogen and oxygen atoms in total. The van der Waals surface area contributed by atoms with Gasteiger partial charge in [-0.3, -0.25) is 14.9 Å². The summed E-state index contributed by atoms with van der Waals surface area (Å²) in [6.45, 7) is 0.219. The van der Waals surface area contributed by atoms with E-state index in [0.29, 0.717) is 15.8 Å². The fourth-order valence-corrected chi connectivity index (χ4v) is 4.30. The molecule has 4 rings (SSSR count). The molecule has 0 aliphatic heterocycles. The summed E-state index contributed by atoms with van der Waals surface area (Å²) in [6.07, 6.45) is 4.16. The molecule has 1 heterocycles. The first-order chi connectivity index (χ1) is 14.0. The lowest BCUT2D eigenvalue weighted by Gasteiger charge is -2.31. The number of hydrogen-bond donors (Lipinski definition) is 2. The predicted molar refractivity (Wildman–Crippen MR) is 114 cm³/mol. The van der Waals surface area contributed by atoms with Gasteiger partial charge in [-0.2, -0.15) is 5.10 Å². The number of rotatable bonds is 5. The molecule has 0 bridgehead atoms. The number of hydrogen-bond acceptors (Lipinski definition) is 4. The maximum atomic E-state index is 13.0. The SMILES string of the molecule is CNC(=O)c1nn(CNC2(c3ccc(Cl)cc3)CCCC2)c(=O)c2ccccc12. The van der Waals surface area contributed by atoms with Crippen LogP contribution in [0.25, 0.3) is 10.8 Å². The summed E-state index contributed by atoms with van der Waals surface area (Å²) in [6, 6.07) is 14.9. The van der Waals surface area contributed by atoms with Crippen molar-refractivity contribution in [2.75, 3.05) is 7.05 Å². The highest BCUT2D eigenvalue weighted by Crippen LogP contribution is 2.39. The van der Waals surface area contributed by atoms with Gasteiger partial charge in [0.1, 0.15) is 0 Å². The summed E-state index contributed by atoms with van der Waals surface area (Å²) in [5.74, 6) is -0.316. The van der Waals surface area contributed by atoms with Gasteiger partial charge in [-0.15, -0.1) is 0 Å². The van der Waals surface area contributed by atoms with E-state index in [1.54, 1.807) is 31.3 Å². The van der Waals surface area contributed by atoms with Gasteiger partial charge in [-0.05, 0) is 36.6 Å². The molecule has 0 radical (unpaired) electrons. The summed E-state index contributed by atoms with van der Waals surface area (Å²) < 4.78 is 1.35. The molecule has 1 fully saturated rings. The number of amides is 1. The minimum atomic E-state index is -0.316. The molecule has 2 N–H and O–H groups in total. The van der Waals surface area contributed by atoms with Gasteiger partial charge in [0.15, 0.2) is 5.69 Å². The van der Waals surface area contributed by atoms with Crippen LogP contribution in [0.3, 0.4) is 0 Å². The first kappa shape index (κ1) is 19.6. The van der Waals surface area contributed by atoms with Gasteiger partial charge in [0.2, 0.25) is 0 Å². The van der Waals surface area contributed by atoms with Crippen molar-refractivity contribution >= 4 is 28.3 Å². The van der Waals surface area contributed by atoms with Crippen LogP contribution in [0.1, 0.15) is 41.7 Å². The Balaban J connectivity index is 1.72. The normalized spacial score (nSPS) is 15.5. The van der Waals surface area contributed by atoms with Crippen molar-refractivity contribution in [2.24, 2.45) is 0 Å². The van der Waals surface area contributed by atoms with Crippen LogP contribution in [-0.2, 0) is 12.2 Å². The summed E-state index contributed by atoms with van der Waals surface area (Å²) >= 11 is 6.06. The minimum Gasteiger partial charge on any atom is -0.354 e. The quantitative estimate of drug-likeness (QED) is 0.675. The number of aromatic nitrogens is 2. The third kappa shape index (κ3) is 3.66. The van der Waals surface area contributed by atoms with E-state index < -0.39 is 0 Å². The average molecular weight is 411 g/mol. The largest absolute Gasteiger partial charge is 0.354 e. The second kappa shape index (κ2) is 7.97. The molecule has 1 saturated carbocycles. The van der Waals surface area contributed by atoms with Crippen LogP contribution in [0.4, 0.5) is 0 Å². The van der Waals surface area contributed by atoms with E-state index in [1.807, 2.05) is 24.3 Å². The highest BCUT2D eigenvalue weighted by atomic mass is 35.5. The highest BCUT2D eigenvalue weighted by molar-refractivity contribution is 6.30. The summed E-state index contributed by atoms with van der Waals surface area (Å²) in [5, 5.41) is 12.3. The van der Waals surface area contributed by atoms with Crippen molar-refractivity contribution < 1.29 is 4.79 Å². The van der Waals surface area contributed by atoms with Crippen LogP contribution in [0.15, 0.2) is 53.3 Å². The molecule has 1 aliphatic carbocycles. The number of nitrogens with one attached hydrogen (secondary N) is 2. The molecule has 1 aliphatic rings. The van der Waals surface area contributed by atoms with Crippen molar-refractivity contribution in [3.05, 3.63) is 75.2 Å². The van der Waals surface area contributed by atoms with Crippen molar-refractivity contribution in [1.29, 1.82) is 0 Å². The maximum Gasteiger partial charge on any atom is 0.275 e. The molecule has 3 aromatic rings. The Bertz CT molecular complexity index is 1100. The van der Waals surface area contributed by atoms with E-state index in [2.05, 4.69) is 15.7 Å². The molecular weight excluding hydrogens is 388 g/mol. The standard InChI is InChI=1S/C22H23ClN4O2/c1-24-20(28)19-17-6-2-3-7-18(17)21(29)27(26-19)14-25-22(12-4-5-13-22)15-8-10-16(23)11-9-15/h2-3,6-11,25H,4-5,12-14H2,1H3,(H,24,28). The molecule has 1 aromatic heterocycles. The summed E-state index contributed by atoms with van der Waals surface area (Å²) in [4.78, 5) is 25.3. The smallest absolute Gasteiger partial charge is 0.275 e. The molecule has 29 heavy (non-hydrogen) atoms. The van der Waals surface area contributed by atoms with Gasteiger partial charge in [-0.25, -0.2) is 4.68 Å². The zero-order chi connectivity index (χ0) is 20.4. The van der Waals surface area contributed by atoms with Crippen LogP contribution in [0.2, 0.25) is 5.02 Å². The fourth-order valence-electron chi connectivity index (χ4n) is 4.17. The molecule has 0 unspecified atom stereocenters. The molecule has 0 atom stereocenters. The Kier molecular flexibility index (Phi) is 5.39. The molecule has 0 spiro atoms. The topological polar surface area (TPSA) is 76.0 Å². The lowest BCUT2D eigenvalue weighted by atomic mass is 9.88. The zero-order valence-electron chi connectivity index (χ0n) is 16.2. The second-order valence-corrected chi connectivity index (χ2v) is 7.85. The molecule has 0 saturated heterocycles. The first-order valence-electron chi connectivity index (χ1n) is 9.77. The van der Waals surface area contributed by atoms with E-state index in [1.165, 1.54) is 4.68 Å². The third-order valence-corrected chi connectivity index (χ3v) is 5.98. The second-order valence-electron chi connectivity index (χ2n) is 7.41. The van der Waals surface area contributed by atoms with E-state index in [0.717, 1.165) is 31.2 Å². The molecule has 7 heteroatoms. The molecule has 1 amide bonds. The molecule has 2 aromatic carbocycles. The lowest BCUT2D eigenvalue weighted by Crippen LogP contribution is -2.44. The van der Waals surface area contributed by atoms with Gasteiger partial charge < -0.3 is 5.32 Å². The van der Waals surface area contributed by atoms with Gasteiger partial charge in [0.05, 0.1) is 12.1 Å². The van der Waals surface area contributed by atoms with E-state index in [-0.39, 0.29) is 29.4 Å². The average Bonchev–Trinajstić information content (AvgIpc) is 3.23. The number of carbonyl (C=O) groups excluding carboxylic acids is 1. The Morgan fingerprint density at radius 3 is 2.41 bits per heavy atom. The van der Waals surface area contributed by atoms with Crippen molar-refractivity contribution in [3.8, 4) is 0 Å². The molecular formula is C22H23ClN4O2. The minimum absolute atomic E-state index is 0.218. The summed E-state index contributed by atoms with van der Waals surface area (Å²) in [5.41, 5.74) is 0.950. The van der Waals surface area contributed by atoms with Gasteiger partial charge in [-0.1, -0.05) is 54.8 Å². The Labute approximate surface area is 173 Å². The Hall–Kier alpha value is -2.70. The van der Waals surface area contributed by atoms with Crippen LogP contribution in [0, 0.1) is 0 Å². The van der Waals surface area contributed by atoms with Crippen molar-refractivity contribution in [1.82, 2.24) is 20.4 Å². The number of carbonyl (C=O) groups is 1. The predicted octanol–water partition coefficient (Wildman–Crippen LogP) is 3.43. The van der Waals surface area contributed by atoms with Crippen LogP contribution >= 0.6 is 11.6 Å². The van der Waals surface area contributed by atoms with E-state index in [4.69, 9.17) is 11.6 Å². The van der Waals surface area contributed by atoms with Crippen molar-refractivity contribution in [2.45, 2.75) is 37.9 Å². The molecule has 150 valence electrons. The Morgan fingerprint density at radius 2 is 1.76 bits per heavy atom. The van der Waals surface area contributed by atoms with Crippen LogP contribution in [-0.4, -0.2) is 22.7 Å². The fraction of sp³-hybridized carbons (Fsp3) is 0.318. The monoisotopic (exact) mass is 410 g/mol. The number of halogens is 1. The highest BCUT2D eigenvalue weighted by Gasteiger charge is 2.35. The van der Waals surface area contributed by atoms with Gasteiger partial charge in [0.25, 0.3) is 11.5 Å². The zero-order valence-corrected chi connectivity index (χ0v) is 17.0.